The molecule has 0 saturated carbocycles. The zero-order chi connectivity index (χ0) is 19.3. The average Bonchev–Trinajstić information content (AvgIpc) is 3.08. The van der Waals surface area contributed by atoms with E-state index in [-0.39, 0.29) is 5.82 Å². The van der Waals surface area contributed by atoms with Crippen molar-refractivity contribution in [3.8, 4) is 0 Å². The molecule has 1 aliphatic heterocycles. The van der Waals surface area contributed by atoms with Crippen LogP contribution in [0.4, 0.5) is 4.39 Å². The maximum absolute atomic E-state index is 13.3. The number of para-hydroxylation sites is 2. The number of fused-ring (bicyclic) bond motifs is 1. The van der Waals surface area contributed by atoms with Crippen LogP contribution in [0.3, 0.4) is 0 Å². The molecular weight excluding hydrogens is 351 g/mol. The van der Waals surface area contributed by atoms with Crippen molar-refractivity contribution in [2.45, 2.75) is 44.8 Å². The van der Waals surface area contributed by atoms with E-state index in [0.717, 1.165) is 35.3 Å². The van der Waals surface area contributed by atoms with Gasteiger partial charge in [-0.15, -0.1) is 0 Å². The van der Waals surface area contributed by atoms with E-state index in [1.165, 1.54) is 44.5 Å². The second kappa shape index (κ2) is 8.84. The Hall–Kier alpha value is -2.24. The maximum Gasteiger partial charge on any atom is 0.123 e. The lowest BCUT2D eigenvalue weighted by atomic mass is 10.1. The number of rotatable bonds is 7. The average molecular weight is 381 g/mol. The van der Waals surface area contributed by atoms with E-state index in [1.807, 2.05) is 18.2 Å². The molecule has 1 N–H and O–H groups in total. The number of hydrogen-bond acceptors (Lipinski definition) is 3. The SMILES string of the molecule is CNC(CCc1nc2ccccc2n1Cc1ccc(F)cc1)N1CCCCC1. The number of benzene rings is 2. The number of hydrogen-bond donors (Lipinski definition) is 1. The molecule has 0 amide bonds. The molecule has 0 radical (unpaired) electrons. The van der Waals surface area contributed by atoms with Crippen LogP contribution in [0.15, 0.2) is 48.5 Å². The Bertz CT molecular complexity index is 897. The number of aromatic nitrogens is 2. The molecule has 28 heavy (non-hydrogen) atoms. The second-order valence-corrected chi connectivity index (χ2v) is 7.67. The number of aryl methyl sites for hydroxylation is 1. The first-order chi connectivity index (χ1) is 13.7. The molecule has 1 atom stereocenters. The molecular formula is C23H29FN4. The molecule has 1 saturated heterocycles. The predicted molar refractivity (Wildman–Crippen MR) is 112 cm³/mol. The molecule has 3 aromatic rings. The lowest BCUT2D eigenvalue weighted by molar-refractivity contribution is 0.135. The van der Waals surface area contributed by atoms with Gasteiger partial charge in [-0.1, -0.05) is 30.7 Å². The summed E-state index contributed by atoms with van der Waals surface area (Å²) in [6.45, 7) is 3.07. The second-order valence-electron chi connectivity index (χ2n) is 7.67. The zero-order valence-corrected chi connectivity index (χ0v) is 16.6. The quantitative estimate of drug-likeness (QED) is 0.667. The van der Waals surface area contributed by atoms with Crippen LogP contribution >= 0.6 is 0 Å². The van der Waals surface area contributed by atoms with Crippen LogP contribution in [0.25, 0.3) is 11.0 Å². The number of nitrogens with zero attached hydrogens (tertiary/aromatic N) is 3. The highest BCUT2D eigenvalue weighted by Crippen LogP contribution is 2.21. The third-order valence-corrected chi connectivity index (χ3v) is 5.79. The Labute approximate surface area is 166 Å². The van der Waals surface area contributed by atoms with E-state index in [1.54, 1.807) is 0 Å². The number of nitrogens with one attached hydrogen (secondary N) is 1. The fourth-order valence-electron chi connectivity index (χ4n) is 4.27. The molecule has 4 nitrogen and oxygen atoms in total. The molecule has 2 aromatic carbocycles. The summed E-state index contributed by atoms with van der Waals surface area (Å²) in [5.74, 6) is 0.903. The van der Waals surface area contributed by atoms with Crippen molar-refractivity contribution in [2.24, 2.45) is 0 Å². The molecule has 0 aliphatic carbocycles. The molecule has 1 unspecified atom stereocenters. The highest BCUT2D eigenvalue weighted by Gasteiger charge is 2.20. The van der Waals surface area contributed by atoms with Gasteiger partial charge in [-0.2, -0.15) is 0 Å². The van der Waals surface area contributed by atoms with Crippen molar-refractivity contribution in [3.05, 3.63) is 65.7 Å². The van der Waals surface area contributed by atoms with E-state index in [4.69, 9.17) is 4.98 Å². The highest BCUT2D eigenvalue weighted by molar-refractivity contribution is 5.76. The van der Waals surface area contributed by atoms with Gasteiger partial charge < -0.3 is 9.88 Å². The summed E-state index contributed by atoms with van der Waals surface area (Å²) in [5.41, 5.74) is 3.26. The maximum atomic E-state index is 13.3. The number of likely N-dealkylation sites (tertiary alicyclic amines) is 1. The van der Waals surface area contributed by atoms with E-state index >= 15 is 0 Å². The van der Waals surface area contributed by atoms with Crippen molar-refractivity contribution in [2.75, 3.05) is 20.1 Å². The van der Waals surface area contributed by atoms with Crippen LogP contribution in [0.1, 0.15) is 37.1 Å². The Morgan fingerprint density at radius 3 is 2.54 bits per heavy atom. The van der Waals surface area contributed by atoms with Gasteiger partial charge in [0.05, 0.1) is 17.2 Å². The van der Waals surface area contributed by atoms with Gasteiger partial charge >= 0.3 is 0 Å². The van der Waals surface area contributed by atoms with Gasteiger partial charge in [-0.3, -0.25) is 4.90 Å². The Kier molecular flexibility index (Phi) is 6.03. The van der Waals surface area contributed by atoms with Gasteiger partial charge in [0.1, 0.15) is 11.6 Å². The lowest BCUT2D eigenvalue weighted by Crippen LogP contribution is -2.46. The van der Waals surface area contributed by atoms with Crippen LogP contribution in [0.5, 0.6) is 0 Å². The van der Waals surface area contributed by atoms with Gasteiger partial charge in [0.2, 0.25) is 0 Å². The molecule has 0 bridgehead atoms. The van der Waals surface area contributed by atoms with E-state index in [9.17, 15) is 4.39 Å². The zero-order valence-electron chi connectivity index (χ0n) is 16.6. The molecule has 1 aliphatic rings. The lowest BCUT2D eigenvalue weighted by Gasteiger charge is -2.34. The van der Waals surface area contributed by atoms with Gasteiger partial charge in [0.25, 0.3) is 0 Å². The summed E-state index contributed by atoms with van der Waals surface area (Å²) in [5, 5.41) is 3.50. The Morgan fingerprint density at radius 2 is 1.79 bits per heavy atom. The van der Waals surface area contributed by atoms with Crippen LogP contribution < -0.4 is 5.32 Å². The summed E-state index contributed by atoms with van der Waals surface area (Å²) in [6, 6.07) is 15.1. The fraction of sp³-hybridized carbons (Fsp3) is 0.435. The topological polar surface area (TPSA) is 33.1 Å². The first-order valence-corrected chi connectivity index (χ1v) is 10.3. The summed E-state index contributed by atoms with van der Waals surface area (Å²) < 4.78 is 15.6. The fourth-order valence-corrected chi connectivity index (χ4v) is 4.27. The molecule has 0 spiro atoms. The van der Waals surface area contributed by atoms with E-state index in [0.29, 0.717) is 12.7 Å². The van der Waals surface area contributed by atoms with Crippen molar-refractivity contribution < 1.29 is 4.39 Å². The third kappa shape index (κ3) is 4.26. The minimum atomic E-state index is -0.196. The van der Waals surface area contributed by atoms with Gasteiger partial charge in [-0.05, 0) is 69.2 Å². The summed E-state index contributed by atoms with van der Waals surface area (Å²) >= 11 is 0. The monoisotopic (exact) mass is 380 g/mol. The molecule has 2 heterocycles. The Morgan fingerprint density at radius 1 is 1.04 bits per heavy atom. The minimum absolute atomic E-state index is 0.196. The largest absolute Gasteiger partial charge is 0.323 e. The third-order valence-electron chi connectivity index (χ3n) is 5.79. The first kappa shape index (κ1) is 19.1. The summed E-state index contributed by atoms with van der Waals surface area (Å²) in [4.78, 5) is 7.49. The van der Waals surface area contributed by atoms with Crippen LogP contribution in [0.2, 0.25) is 0 Å². The van der Waals surface area contributed by atoms with Gasteiger partial charge in [-0.25, -0.2) is 9.37 Å². The number of imidazole rings is 1. The highest BCUT2D eigenvalue weighted by atomic mass is 19.1. The van der Waals surface area contributed by atoms with Crippen LogP contribution in [-0.4, -0.2) is 40.8 Å². The van der Waals surface area contributed by atoms with Gasteiger partial charge in [0.15, 0.2) is 0 Å². The molecule has 1 fully saturated rings. The summed E-state index contributed by atoms with van der Waals surface area (Å²) in [7, 11) is 2.06. The first-order valence-electron chi connectivity index (χ1n) is 10.3. The van der Waals surface area contributed by atoms with Gasteiger partial charge in [0, 0.05) is 13.0 Å². The molecule has 148 valence electrons. The number of piperidine rings is 1. The van der Waals surface area contributed by atoms with E-state index < -0.39 is 0 Å². The van der Waals surface area contributed by atoms with Crippen LogP contribution in [-0.2, 0) is 13.0 Å². The van der Waals surface area contributed by atoms with E-state index in [2.05, 4.69) is 40.0 Å². The smallest absolute Gasteiger partial charge is 0.123 e. The number of halogens is 1. The molecule has 5 heteroatoms. The van der Waals surface area contributed by atoms with Crippen LogP contribution in [0, 0.1) is 5.82 Å². The molecule has 4 rings (SSSR count). The normalized spacial score (nSPS) is 16.5. The minimum Gasteiger partial charge on any atom is -0.323 e. The molecule has 1 aromatic heterocycles. The summed E-state index contributed by atoms with van der Waals surface area (Å²) in [6.07, 6.45) is 6.27. The standard InChI is InChI=1S/C23H29FN4/c1-25-22(27-15-5-2-6-16-27)13-14-23-26-20-7-3-4-8-21(20)28(23)17-18-9-11-19(24)12-10-18/h3-4,7-12,22,25H,2,5-6,13-17H2,1H3. The van der Waals surface area contributed by atoms with Crippen molar-refractivity contribution in [1.82, 2.24) is 19.8 Å². The van der Waals surface area contributed by atoms with Crippen molar-refractivity contribution in [3.63, 3.8) is 0 Å². The van der Waals surface area contributed by atoms with Crippen molar-refractivity contribution >= 4 is 11.0 Å². The Balaban J connectivity index is 1.56. The predicted octanol–water partition coefficient (Wildman–Crippen LogP) is 4.19. The van der Waals surface area contributed by atoms with Crippen molar-refractivity contribution in [1.29, 1.82) is 0 Å².